The van der Waals surface area contributed by atoms with Crippen molar-refractivity contribution in [3.05, 3.63) is 71.5 Å². The van der Waals surface area contributed by atoms with Crippen LogP contribution in [-0.2, 0) is 21.4 Å². The lowest BCUT2D eigenvalue weighted by Crippen LogP contribution is -2.58. The van der Waals surface area contributed by atoms with Gasteiger partial charge in [-0.05, 0) is 36.1 Å². The number of rotatable bonds is 6. The molecule has 1 atom stereocenters. The van der Waals surface area contributed by atoms with Crippen molar-refractivity contribution in [1.82, 2.24) is 5.32 Å². The third-order valence-corrected chi connectivity index (χ3v) is 4.86. The van der Waals surface area contributed by atoms with Crippen LogP contribution in [0.4, 0.5) is 4.39 Å². The molecule has 136 valence electrons. The first kappa shape index (κ1) is 18.1. The van der Waals surface area contributed by atoms with E-state index < -0.39 is 35.3 Å². The van der Waals surface area contributed by atoms with Crippen LogP contribution in [0.25, 0.3) is 0 Å². The van der Waals surface area contributed by atoms with E-state index in [0.29, 0.717) is 5.56 Å². The maximum Gasteiger partial charge on any atom is 0.326 e. The number of amides is 1. The lowest BCUT2D eigenvalue weighted by Gasteiger charge is -2.44. The van der Waals surface area contributed by atoms with Gasteiger partial charge >= 0.3 is 5.97 Å². The van der Waals surface area contributed by atoms with Crippen molar-refractivity contribution >= 4 is 11.9 Å². The molecule has 1 aliphatic rings. The second-order valence-corrected chi connectivity index (χ2v) is 6.71. The second-order valence-electron chi connectivity index (χ2n) is 6.71. The number of aliphatic hydroxyl groups excluding tert-OH is 1. The van der Waals surface area contributed by atoms with Gasteiger partial charge in [-0.15, -0.1) is 0 Å². The van der Waals surface area contributed by atoms with E-state index in [1.165, 1.54) is 18.2 Å². The number of aliphatic hydroxyl groups is 1. The standard InChI is InChI=1S/C20H20FNO4/c21-15-8-4-5-13(9-15)10-17(18(24)25)22-19(26)20(11-16(23)12-20)14-6-2-1-3-7-14/h1-9,16-17,23H,10-12H2,(H,22,26)(H,24,25). The molecule has 2 aromatic carbocycles. The Balaban J connectivity index is 1.79. The number of hydrogen-bond acceptors (Lipinski definition) is 3. The Morgan fingerprint density at radius 1 is 1.15 bits per heavy atom. The minimum Gasteiger partial charge on any atom is -0.480 e. The van der Waals surface area contributed by atoms with Gasteiger partial charge in [-0.3, -0.25) is 4.79 Å². The van der Waals surface area contributed by atoms with Gasteiger partial charge < -0.3 is 15.5 Å². The molecule has 0 aliphatic heterocycles. The third kappa shape index (κ3) is 3.60. The van der Waals surface area contributed by atoms with E-state index in [0.717, 1.165) is 5.56 Å². The van der Waals surface area contributed by atoms with E-state index in [9.17, 15) is 24.2 Å². The normalized spacial score (nSPS) is 22.9. The molecule has 2 aromatic rings. The largest absolute Gasteiger partial charge is 0.480 e. The van der Waals surface area contributed by atoms with E-state index >= 15 is 0 Å². The quantitative estimate of drug-likeness (QED) is 0.738. The summed E-state index contributed by atoms with van der Waals surface area (Å²) in [4.78, 5) is 24.5. The lowest BCUT2D eigenvalue weighted by atomic mass is 9.62. The fourth-order valence-electron chi connectivity index (χ4n) is 3.45. The van der Waals surface area contributed by atoms with E-state index in [4.69, 9.17) is 0 Å². The Bertz CT molecular complexity index is 802. The molecule has 1 aliphatic carbocycles. The number of benzene rings is 2. The molecule has 1 unspecified atom stereocenters. The number of halogens is 1. The van der Waals surface area contributed by atoms with Crippen LogP contribution in [0.15, 0.2) is 54.6 Å². The highest BCUT2D eigenvalue weighted by Gasteiger charge is 2.51. The smallest absolute Gasteiger partial charge is 0.326 e. The Kier molecular flexibility index (Phi) is 5.04. The van der Waals surface area contributed by atoms with Crippen molar-refractivity contribution in [2.24, 2.45) is 0 Å². The molecular formula is C20H20FNO4. The van der Waals surface area contributed by atoms with Gasteiger partial charge in [0.25, 0.3) is 0 Å². The van der Waals surface area contributed by atoms with Crippen LogP contribution in [-0.4, -0.2) is 34.2 Å². The first-order valence-electron chi connectivity index (χ1n) is 8.42. The molecule has 0 heterocycles. The minimum atomic E-state index is -1.19. The van der Waals surface area contributed by atoms with Crippen LogP contribution in [0.3, 0.4) is 0 Å². The molecule has 1 amide bonds. The van der Waals surface area contributed by atoms with Crippen molar-refractivity contribution in [3.63, 3.8) is 0 Å². The van der Waals surface area contributed by atoms with Crippen molar-refractivity contribution in [3.8, 4) is 0 Å². The summed E-state index contributed by atoms with van der Waals surface area (Å²) in [5.41, 5.74) is 0.300. The van der Waals surface area contributed by atoms with Gasteiger partial charge in [-0.25, -0.2) is 9.18 Å². The number of hydrogen-bond donors (Lipinski definition) is 3. The molecule has 0 aromatic heterocycles. The Labute approximate surface area is 150 Å². The molecule has 3 rings (SSSR count). The fourth-order valence-corrected chi connectivity index (χ4v) is 3.45. The molecule has 0 saturated heterocycles. The van der Waals surface area contributed by atoms with Crippen molar-refractivity contribution < 1.29 is 24.2 Å². The lowest BCUT2D eigenvalue weighted by molar-refractivity contribution is -0.145. The predicted molar refractivity (Wildman–Crippen MR) is 93.0 cm³/mol. The van der Waals surface area contributed by atoms with Gasteiger partial charge in [-0.2, -0.15) is 0 Å². The monoisotopic (exact) mass is 357 g/mol. The van der Waals surface area contributed by atoms with Crippen molar-refractivity contribution in [2.45, 2.75) is 36.8 Å². The van der Waals surface area contributed by atoms with Gasteiger partial charge in [0.2, 0.25) is 5.91 Å². The van der Waals surface area contributed by atoms with Gasteiger partial charge in [-0.1, -0.05) is 42.5 Å². The number of carboxylic acids is 1. The minimum absolute atomic E-state index is 0.0216. The highest BCUT2D eigenvalue weighted by atomic mass is 19.1. The maximum atomic E-state index is 13.3. The van der Waals surface area contributed by atoms with Crippen molar-refractivity contribution in [2.75, 3.05) is 0 Å². The van der Waals surface area contributed by atoms with E-state index in [-0.39, 0.29) is 19.3 Å². The summed E-state index contributed by atoms with van der Waals surface area (Å²) < 4.78 is 13.3. The zero-order valence-corrected chi connectivity index (χ0v) is 14.1. The molecule has 26 heavy (non-hydrogen) atoms. The molecule has 3 N–H and O–H groups in total. The predicted octanol–water partition coefficient (Wildman–Crippen LogP) is 2.03. The first-order valence-corrected chi connectivity index (χ1v) is 8.42. The Morgan fingerprint density at radius 3 is 2.42 bits per heavy atom. The van der Waals surface area contributed by atoms with Gasteiger partial charge in [0.1, 0.15) is 11.9 Å². The SMILES string of the molecule is O=C(O)C(Cc1cccc(F)c1)NC(=O)C1(c2ccccc2)CC(O)C1. The maximum absolute atomic E-state index is 13.3. The zero-order valence-electron chi connectivity index (χ0n) is 14.1. The average molecular weight is 357 g/mol. The highest BCUT2D eigenvalue weighted by Crippen LogP contribution is 2.44. The summed E-state index contributed by atoms with van der Waals surface area (Å²) in [7, 11) is 0. The molecular weight excluding hydrogens is 337 g/mol. The number of carbonyl (C=O) groups is 2. The van der Waals surface area contributed by atoms with Crippen LogP contribution in [0.1, 0.15) is 24.0 Å². The average Bonchev–Trinajstić information content (AvgIpc) is 2.58. The molecule has 5 nitrogen and oxygen atoms in total. The summed E-state index contributed by atoms with van der Waals surface area (Å²) >= 11 is 0. The van der Waals surface area contributed by atoms with E-state index in [1.54, 1.807) is 30.3 Å². The van der Waals surface area contributed by atoms with Gasteiger partial charge in [0, 0.05) is 6.42 Å². The van der Waals surface area contributed by atoms with Crippen LogP contribution in [0.2, 0.25) is 0 Å². The number of carbonyl (C=O) groups excluding carboxylic acids is 1. The summed E-state index contributed by atoms with van der Waals surface area (Å²) in [5.74, 6) is -2.08. The summed E-state index contributed by atoms with van der Waals surface area (Å²) in [6.07, 6.45) is -0.122. The summed E-state index contributed by atoms with van der Waals surface area (Å²) in [6, 6.07) is 13.5. The Morgan fingerprint density at radius 2 is 1.85 bits per heavy atom. The molecule has 0 bridgehead atoms. The van der Waals surface area contributed by atoms with Crippen LogP contribution in [0.5, 0.6) is 0 Å². The van der Waals surface area contributed by atoms with Crippen LogP contribution < -0.4 is 5.32 Å². The molecule has 0 spiro atoms. The Hall–Kier alpha value is -2.73. The summed E-state index contributed by atoms with van der Waals surface area (Å²) in [5, 5.41) is 21.8. The molecule has 6 heteroatoms. The van der Waals surface area contributed by atoms with Gasteiger partial charge in [0.05, 0.1) is 11.5 Å². The van der Waals surface area contributed by atoms with Crippen LogP contribution in [0, 0.1) is 5.82 Å². The molecule has 1 saturated carbocycles. The van der Waals surface area contributed by atoms with E-state index in [2.05, 4.69) is 5.32 Å². The first-order chi connectivity index (χ1) is 12.4. The fraction of sp³-hybridized carbons (Fsp3) is 0.300. The number of carboxylic acid groups (broad SMARTS) is 1. The van der Waals surface area contributed by atoms with Crippen LogP contribution >= 0.6 is 0 Å². The summed E-state index contributed by atoms with van der Waals surface area (Å²) in [6.45, 7) is 0. The van der Waals surface area contributed by atoms with E-state index in [1.807, 2.05) is 6.07 Å². The third-order valence-electron chi connectivity index (χ3n) is 4.86. The topological polar surface area (TPSA) is 86.6 Å². The number of aliphatic carboxylic acids is 1. The van der Waals surface area contributed by atoms with Gasteiger partial charge in [0.15, 0.2) is 0 Å². The molecule has 1 fully saturated rings. The molecule has 0 radical (unpaired) electrons. The zero-order chi connectivity index (χ0) is 18.7. The number of nitrogens with one attached hydrogen (secondary N) is 1. The highest BCUT2D eigenvalue weighted by molar-refractivity contribution is 5.92. The second kappa shape index (κ2) is 7.25. The van der Waals surface area contributed by atoms with Crippen molar-refractivity contribution in [1.29, 1.82) is 0 Å².